The predicted octanol–water partition coefficient (Wildman–Crippen LogP) is 2.10. The van der Waals surface area contributed by atoms with E-state index in [0.717, 1.165) is 11.8 Å². The molecule has 0 aliphatic carbocycles. The number of amides is 1. The molecule has 0 spiro atoms. The van der Waals surface area contributed by atoms with Crippen molar-refractivity contribution in [1.82, 2.24) is 9.62 Å². The highest BCUT2D eigenvalue weighted by atomic mass is 32.2. The molecule has 0 aromatic heterocycles. The molecule has 2 aromatic carbocycles. The fourth-order valence-corrected chi connectivity index (χ4v) is 6.46. The summed E-state index contributed by atoms with van der Waals surface area (Å²) in [5.41, 5.74) is 0.842. The molecule has 2 N–H and O–H groups in total. The second-order valence-corrected chi connectivity index (χ2v) is 13.5. The molecule has 10 heteroatoms. The molecule has 3 atom stereocenters. The van der Waals surface area contributed by atoms with Crippen LogP contribution in [-0.2, 0) is 31.1 Å². The van der Waals surface area contributed by atoms with Crippen LogP contribution in [0.25, 0.3) is 0 Å². The first-order valence-corrected chi connectivity index (χ1v) is 15.0. The van der Waals surface area contributed by atoms with Crippen LogP contribution in [0.4, 0.5) is 0 Å². The zero-order chi connectivity index (χ0) is 26.2. The number of carbonyl (C=O) groups is 1. The van der Waals surface area contributed by atoms with Crippen molar-refractivity contribution in [2.45, 2.75) is 44.2 Å². The summed E-state index contributed by atoms with van der Waals surface area (Å²) in [6, 6.07) is 16.4. The van der Waals surface area contributed by atoms with Gasteiger partial charge >= 0.3 is 0 Å². The first kappa shape index (κ1) is 29.0. The molecule has 0 aliphatic rings. The SMILES string of the molecule is CC(C)CN(CC(O)C(Cc1ccccc1)NC(=O)C(C)CS(C)(=O)=O)S(=O)(=O)c1ccccc1. The molecule has 1 amide bonds. The minimum absolute atomic E-state index is 0.00219. The van der Waals surface area contributed by atoms with E-state index in [1.165, 1.54) is 23.4 Å². The van der Waals surface area contributed by atoms with Crippen molar-refractivity contribution in [3.8, 4) is 0 Å². The number of rotatable bonds is 13. The number of nitrogens with zero attached hydrogens (tertiary/aromatic N) is 1. The van der Waals surface area contributed by atoms with Gasteiger partial charge in [0, 0.05) is 25.3 Å². The standard InChI is InChI=1S/C25H36N2O6S2/c1-19(2)16-27(35(32,33)22-13-9-6-10-14-22)17-24(28)23(15-21-11-7-5-8-12-21)26-25(29)20(3)18-34(4,30)31/h5-14,19-20,23-24,28H,15-18H2,1-4H3,(H,26,29). The van der Waals surface area contributed by atoms with Crippen molar-refractivity contribution in [2.75, 3.05) is 25.1 Å². The molecule has 0 fully saturated rings. The zero-order valence-corrected chi connectivity index (χ0v) is 22.3. The molecule has 0 saturated carbocycles. The van der Waals surface area contributed by atoms with Gasteiger partial charge in [-0.3, -0.25) is 4.79 Å². The number of benzene rings is 2. The van der Waals surface area contributed by atoms with Crippen molar-refractivity contribution < 1.29 is 26.7 Å². The molecule has 0 heterocycles. The molecule has 8 nitrogen and oxygen atoms in total. The second-order valence-electron chi connectivity index (χ2n) is 9.39. The number of sulfonamides is 1. The molecular weight excluding hydrogens is 488 g/mol. The average molecular weight is 525 g/mol. The van der Waals surface area contributed by atoms with Gasteiger partial charge in [-0.15, -0.1) is 0 Å². The third-order valence-electron chi connectivity index (χ3n) is 5.43. The maximum Gasteiger partial charge on any atom is 0.243 e. The highest BCUT2D eigenvalue weighted by molar-refractivity contribution is 7.90. The lowest BCUT2D eigenvalue weighted by Gasteiger charge is -2.31. The molecule has 3 unspecified atom stereocenters. The summed E-state index contributed by atoms with van der Waals surface area (Å²) in [7, 11) is -7.26. The molecule has 194 valence electrons. The van der Waals surface area contributed by atoms with E-state index >= 15 is 0 Å². The summed E-state index contributed by atoms with van der Waals surface area (Å²) in [5.74, 6) is -1.67. The van der Waals surface area contributed by atoms with Crippen LogP contribution in [0.5, 0.6) is 0 Å². The van der Waals surface area contributed by atoms with Crippen LogP contribution in [-0.4, -0.2) is 69.4 Å². The van der Waals surface area contributed by atoms with E-state index < -0.39 is 43.8 Å². The number of aliphatic hydroxyl groups excluding tert-OH is 1. The van der Waals surface area contributed by atoms with Crippen LogP contribution in [0.2, 0.25) is 0 Å². The van der Waals surface area contributed by atoms with Gasteiger partial charge in [-0.25, -0.2) is 16.8 Å². The molecular formula is C25H36N2O6S2. The van der Waals surface area contributed by atoms with E-state index in [9.17, 15) is 26.7 Å². The van der Waals surface area contributed by atoms with Crippen LogP contribution >= 0.6 is 0 Å². The van der Waals surface area contributed by atoms with E-state index in [2.05, 4.69) is 5.32 Å². The highest BCUT2D eigenvalue weighted by Gasteiger charge is 2.32. The van der Waals surface area contributed by atoms with Crippen molar-refractivity contribution in [3.05, 3.63) is 66.2 Å². The molecule has 0 aliphatic heterocycles. The topological polar surface area (TPSA) is 121 Å². The van der Waals surface area contributed by atoms with Crippen molar-refractivity contribution in [3.63, 3.8) is 0 Å². The molecule has 2 rings (SSSR count). The molecule has 2 aromatic rings. The maximum absolute atomic E-state index is 13.3. The average Bonchev–Trinajstić information content (AvgIpc) is 2.78. The Morgan fingerprint density at radius 1 is 0.914 bits per heavy atom. The van der Waals surface area contributed by atoms with Gasteiger partial charge in [-0.05, 0) is 30.0 Å². The van der Waals surface area contributed by atoms with Gasteiger partial charge in [-0.1, -0.05) is 69.3 Å². The van der Waals surface area contributed by atoms with Crippen molar-refractivity contribution in [1.29, 1.82) is 0 Å². The third kappa shape index (κ3) is 9.36. The maximum atomic E-state index is 13.3. The molecule has 0 radical (unpaired) electrons. The van der Waals surface area contributed by atoms with Crippen LogP contribution in [0.3, 0.4) is 0 Å². The number of carbonyl (C=O) groups excluding carboxylic acids is 1. The number of sulfone groups is 1. The largest absolute Gasteiger partial charge is 0.390 e. The Labute approximate surface area is 209 Å². The van der Waals surface area contributed by atoms with E-state index in [0.29, 0.717) is 0 Å². The van der Waals surface area contributed by atoms with Gasteiger partial charge < -0.3 is 10.4 Å². The lowest BCUT2D eigenvalue weighted by Crippen LogP contribution is -2.52. The van der Waals surface area contributed by atoms with Crippen LogP contribution in [0.1, 0.15) is 26.3 Å². The summed E-state index contributed by atoms with van der Waals surface area (Å²) in [6.45, 7) is 5.23. The monoisotopic (exact) mass is 524 g/mol. The summed E-state index contributed by atoms with van der Waals surface area (Å²) >= 11 is 0. The van der Waals surface area contributed by atoms with Crippen LogP contribution in [0, 0.1) is 11.8 Å². The third-order valence-corrected chi connectivity index (χ3v) is 8.38. The lowest BCUT2D eigenvalue weighted by molar-refractivity contribution is -0.125. The summed E-state index contributed by atoms with van der Waals surface area (Å²) in [4.78, 5) is 12.9. The Kier molecular flexibility index (Phi) is 10.4. The van der Waals surface area contributed by atoms with Gasteiger partial charge in [0.05, 0.1) is 22.8 Å². The predicted molar refractivity (Wildman–Crippen MR) is 137 cm³/mol. The van der Waals surface area contributed by atoms with E-state index in [4.69, 9.17) is 0 Å². The Bertz CT molecular complexity index is 1150. The van der Waals surface area contributed by atoms with Crippen molar-refractivity contribution in [2.24, 2.45) is 11.8 Å². The zero-order valence-electron chi connectivity index (χ0n) is 20.7. The van der Waals surface area contributed by atoms with Crippen molar-refractivity contribution >= 4 is 25.8 Å². The van der Waals surface area contributed by atoms with Gasteiger partial charge in [-0.2, -0.15) is 4.31 Å². The number of hydrogen-bond donors (Lipinski definition) is 2. The lowest BCUT2D eigenvalue weighted by atomic mass is 10.00. The Morgan fingerprint density at radius 2 is 1.46 bits per heavy atom. The number of nitrogens with one attached hydrogen (secondary N) is 1. The Hall–Kier alpha value is -2.27. The fraction of sp³-hybridized carbons (Fsp3) is 0.480. The van der Waals surface area contributed by atoms with Crippen LogP contribution in [0.15, 0.2) is 65.6 Å². The van der Waals surface area contributed by atoms with Gasteiger partial charge in [0.2, 0.25) is 15.9 Å². The van der Waals surface area contributed by atoms with Crippen LogP contribution < -0.4 is 5.32 Å². The highest BCUT2D eigenvalue weighted by Crippen LogP contribution is 2.19. The summed E-state index contributed by atoms with van der Waals surface area (Å²) in [5, 5.41) is 14.0. The Morgan fingerprint density at radius 3 is 1.97 bits per heavy atom. The minimum atomic E-state index is -3.89. The summed E-state index contributed by atoms with van der Waals surface area (Å²) in [6.07, 6.45) is 0.0766. The van der Waals surface area contributed by atoms with Gasteiger partial charge in [0.15, 0.2) is 0 Å². The molecule has 35 heavy (non-hydrogen) atoms. The molecule has 0 saturated heterocycles. The normalized spacial score (nSPS) is 15.1. The number of aliphatic hydroxyl groups is 1. The summed E-state index contributed by atoms with van der Waals surface area (Å²) < 4.78 is 51.2. The van der Waals surface area contributed by atoms with E-state index in [1.54, 1.807) is 18.2 Å². The first-order chi connectivity index (χ1) is 16.3. The minimum Gasteiger partial charge on any atom is -0.390 e. The second kappa shape index (κ2) is 12.6. The quantitative estimate of drug-likeness (QED) is 0.414. The number of hydrogen-bond acceptors (Lipinski definition) is 6. The van der Waals surface area contributed by atoms with E-state index in [1.807, 2.05) is 44.2 Å². The first-order valence-electron chi connectivity index (χ1n) is 11.5. The smallest absolute Gasteiger partial charge is 0.243 e. The van der Waals surface area contributed by atoms with Gasteiger partial charge in [0.1, 0.15) is 9.84 Å². The fourth-order valence-electron chi connectivity index (χ4n) is 3.76. The van der Waals surface area contributed by atoms with Gasteiger partial charge in [0.25, 0.3) is 0 Å². The van der Waals surface area contributed by atoms with E-state index in [-0.39, 0.29) is 36.1 Å². The Balaban J connectivity index is 2.31. The molecule has 0 bridgehead atoms.